The summed E-state index contributed by atoms with van der Waals surface area (Å²) in [4.78, 5) is 14.1. The zero-order valence-corrected chi connectivity index (χ0v) is 18.2. The van der Waals surface area contributed by atoms with Crippen molar-refractivity contribution in [1.29, 1.82) is 0 Å². The quantitative estimate of drug-likeness (QED) is 0.538. The van der Waals surface area contributed by atoms with Gasteiger partial charge in [0.2, 0.25) is 5.91 Å². The Morgan fingerprint density at radius 1 is 0.968 bits per heavy atom. The van der Waals surface area contributed by atoms with Crippen molar-refractivity contribution in [1.82, 2.24) is 4.90 Å². The molecule has 160 valence electrons. The fourth-order valence-electron chi connectivity index (χ4n) is 2.92. The van der Waals surface area contributed by atoms with Gasteiger partial charge < -0.3 is 9.64 Å². The minimum atomic E-state index is -3.77. The summed E-state index contributed by atoms with van der Waals surface area (Å²) in [5.41, 5.74) is 2.13. The summed E-state index contributed by atoms with van der Waals surface area (Å²) in [5.74, 6) is 0.294. The van der Waals surface area contributed by atoms with E-state index in [1.54, 1.807) is 54.4 Å². The molecule has 7 heteroatoms. The molecule has 0 unspecified atom stereocenters. The monoisotopic (exact) mass is 436 g/mol. The number of para-hydroxylation sites is 2. The van der Waals surface area contributed by atoms with Gasteiger partial charge in [-0.25, -0.2) is 8.42 Å². The third kappa shape index (κ3) is 5.96. The van der Waals surface area contributed by atoms with Gasteiger partial charge in [0.25, 0.3) is 10.0 Å². The Bertz CT molecular complexity index is 1160. The summed E-state index contributed by atoms with van der Waals surface area (Å²) in [6.07, 6.45) is 3.13. The number of sulfonamides is 1. The molecule has 0 fully saturated rings. The van der Waals surface area contributed by atoms with E-state index in [4.69, 9.17) is 4.74 Å². The number of nitrogens with one attached hydrogen (secondary N) is 1. The predicted molar refractivity (Wildman–Crippen MR) is 122 cm³/mol. The fourth-order valence-corrected chi connectivity index (χ4v) is 3.99. The number of benzene rings is 3. The zero-order chi connectivity index (χ0) is 22.3. The third-order valence-corrected chi connectivity index (χ3v) is 5.98. The molecule has 0 atom stereocenters. The van der Waals surface area contributed by atoms with Crippen molar-refractivity contribution < 1.29 is 17.9 Å². The van der Waals surface area contributed by atoms with E-state index in [1.807, 2.05) is 30.3 Å². The molecule has 0 saturated heterocycles. The smallest absolute Gasteiger partial charge is 0.262 e. The molecule has 31 heavy (non-hydrogen) atoms. The highest BCUT2D eigenvalue weighted by atomic mass is 32.2. The Balaban J connectivity index is 1.65. The molecule has 0 radical (unpaired) electrons. The molecule has 0 aliphatic heterocycles. The topological polar surface area (TPSA) is 75.7 Å². The Morgan fingerprint density at radius 2 is 1.61 bits per heavy atom. The van der Waals surface area contributed by atoms with E-state index in [1.165, 1.54) is 25.3 Å². The summed E-state index contributed by atoms with van der Waals surface area (Å²) in [6.45, 7) is 0.510. The SMILES string of the molecule is COc1ccccc1NS(=O)(=O)c1ccc(/C=C/C(=O)N(C)Cc2ccccc2)cc1. The van der Waals surface area contributed by atoms with Crippen molar-refractivity contribution in [2.45, 2.75) is 11.4 Å². The average Bonchev–Trinajstić information content (AvgIpc) is 2.78. The molecular formula is C24H24N2O4S. The lowest BCUT2D eigenvalue weighted by molar-refractivity contribution is -0.125. The molecule has 0 bridgehead atoms. The molecule has 0 aromatic heterocycles. The number of hydrogen-bond donors (Lipinski definition) is 1. The molecule has 0 spiro atoms. The summed E-state index contributed by atoms with van der Waals surface area (Å²) in [7, 11) is -0.557. The van der Waals surface area contributed by atoms with Crippen LogP contribution in [-0.4, -0.2) is 33.4 Å². The van der Waals surface area contributed by atoms with Crippen LogP contribution in [0.5, 0.6) is 5.75 Å². The lowest BCUT2D eigenvalue weighted by Gasteiger charge is -2.15. The molecule has 3 aromatic rings. The number of hydrogen-bond acceptors (Lipinski definition) is 4. The first-order chi connectivity index (χ1) is 14.9. The van der Waals surface area contributed by atoms with Gasteiger partial charge in [-0.15, -0.1) is 0 Å². The van der Waals surface area contributed by atoms with Crippen molar-refractivity contribution in [3.05, 3.63) is 96.1 Å². The predicted octanol–water partition coefficient (Wildman–Crippen LogP) is 4.17. The van der Waals surface area contributed by atoms with Gasteiger partial charge >= 0.3 is 0 Å². The zero-order valence-electron chi connectivity index (χ0n) is 17.4. The van der Waals surface area contributed by atoms with Crippen LogP contribution in [0.2, 0.25) is 0 Å². The average molecular weight is 437 g/mol. The summed E-state index contributed by atoms with van der Waals surface area (Å²) < 4.78 is 33.0. The second-order valence-electron chi connectivity index (χ2n) is 6.89. The highest BCUT2D eigenvalue weighted by Gasteiger charge is 2.16. The summed E-state index contributed by atoms with van der Waals surface area (Å²) in [6, 6.07) is 22.8. The first kappa shape index (κ1) is 22.1. The number of anilines is 1. The van der Waals surface area contributed by atoms with E-state index in [2.05, 4.69) is 4.72 Å². The number of likely N-dealkylation sites (N-methyl/N-ethyl adjacent to an activating group) is 1. The van der Waals surface area contributed by atoms with E-state index in [9.17, 15) is 13.2 Å². The van der Waals surface area contributed by atoms with Crippen molar-refractivity contribution >= 4 is 27.7 Å². The van der Waals surface area contributed by atoms with Crippen LogP contribution in [0.1, 0.15) is 11.1 Å². The van der Waals surface area contributed by atoms with Crippen LogP contribution in [0, 0.1) is 0 Å². The summed E-state index contributed by atoms with van der Waals surface area (Å²) in [5, 5.41) is 0. The van der Waals surface area contributed by atoms with Crippen molar-refractivity contribution in [3.8, 4) is 5.75 Å². The minimum absolute atomic E-state index is 0.114. The second kappa shape index (κ2) is 9.95. The number of methoxy groups -OCH3 is 1. The minimum Gasteiger partial charge on any atom is -0.495 e. The molecule has 0 saturated carbocycles. The number of rotatable bonds is 8. The lowest BCUT2D eigenvalue weighted by atomic mass is 10.2. The fraction of sp³-hybridized carbons (Fsp3) is 0.125. The Kier molecular flexibility index (Phi) is 7.10. The summed E-state index contributed by atoms with van der Waals surface area (Å²) >= 11 is 0. The van der Waals surface area contributed by atoms with Gasteiger partial charge in [-0.1, -0.05) is 54.6 Å². The van der Waals surface area contributed by atoms with Crippen LogP contribution in [0.4, 0.5) is 5.69 Å². The maximum Gasteiger partial charge on any atom is 0.262 e. The first-order valence-electron chi connectivity index (χ1n) is 9.62. The Labute approximate surface area is 182 Å². The number of ether oxygens (including phenoxy) is 1. The van der Waals surface area contributed by atoms with E-state index in [-0.39, 0.29) is 10.8 Å². The van der Waals surface area contributed by atoms with Gasteiger partial charge in [-0.2, -0.15) is 0 Å². The number of nitrogens with zero attached hydrogens (tertiary/aromatic N) is 1. The molecular weight excluding hydrogens is 412 g/mol. The highest BCUT2D eigenvalue weighted by Crippen LogP contribution is 2.26. The van der Waals surface area contributed by atoms with Gasteiger partial charge in [0, 0.05) is 19.7 Å². The van der Waals surface area contributed by atoms with Crippen molar-refractivity contribution in [2.24, 2.45) is 0 Å². The molecule has 1 N–H and O–H groups in total. The normalized spacial score (nSPS) is 11.3. The molecule has 3 rings (SSSR count). The van der Waals surface area contributed by atoms with E-state index in [0.717, 1.165) is 11.1 Å². The third-order valence-electron chi connectivity index (χ3n) is 4.60. The molecule has 3 aromatic carbocycles. The number of carbonyl (C=O) groups is 1. The van der Waals surface area contributed by atoms with E-state index < -0.39 is 10.0 Å². The van der Waals surface area contributed by atoms with Crippen LogP contribution in [0.15, 0.2) is 89.8 Å². The molecule has 1 amide bonds. The largest absolute Gasteiger partial charge is 0.495 e. The van der Waals surface area contributed by atoms with Gasteiger partial charge in [0.15, 0.2) is 0 Å². The van der Waals surface area contributed by atoms with Crippen LogP contribution in [-0.2, 0) is 21.4 Å². The lowest BCUT2D eigenvalue weighted by Crippen LogP contribution is -2.24. The van der Waals surface area contributed by atoms with Gasteiger partial charge in [0.05, 0.1) is 17.7 Å². The standard InChI is InChI=1S/C24H24N2O4S/c1-26(18-20-8-4-3-5-9-20)24(27)17-14-19-12-15-21(16-13-19)31(28,29)25-22-10-6-7-11-23(22)30-2/h3-17,25H,18H2,1-2H3/b17-14+. The number of carbonyl (C=O) groups excluding carboxylic acids is 1. The van der Waals surface area contributed by atoms with Crippen LogP contribution in [0.3, 0.4) is 0 Å². The first-order valence-corrected chi connectivity index (χ1v) is 11.1. The van der Waals surface area contributed by atoms with Crippen molar-refractivity contribution in [2.75, 3.05) is 18.9 Å². The second-order valence-corrected chi connectivity index (χ2v) is 8.57. The Hall–Kier alpha value is -3.58. The maximum absolute atomic E-state index is 12.7. The van der Waals surface area contributed by atoms with Crippen molar-refractivity contribution in [3.63, 3.8) is 0 Å². The van der Waals surface area contributed by atoms with Gasteiger partial charge in [0.1, 0.15) is 5.75 Å². The molecule has 6 nitrogen and oxygen atoms in total. The van der Waals surface area contributed by atoms with Crippen LogP contribution >= 0.6 is 0 Å². The molecule has 0 heterocycles. The number of amides is 1. The highest BCUT2D eigenvalue weighted by molar-refractivity contribution is 7.92. The molecule has 0 aliphatic carbocycles. The van der Waals surface area contributed by atoms with Gasteiger partial charge in [-0.3, -0.25) is 9.52 Å². The van der Waals surface area contributed by atoms with E-state index >= 15 is 0 Å². The molecule has 0 aliphatic rings. The van der Waals surface area contributed by atoms with Crippen LogP contribution < -0.4 is 9.46 Å². The van der Waals surface area contributed by atoms with E-state index in [0.29, 0.717) is 18.0 Å². The maximum atomic E-state index is 12.7. The van der Waals surface area contributed by atoms with Gasteiger partial charge in [-0.05, 0) is 41.5 Å². The van der Waals surface area contributed by atoms with Crippen LogP contribution in [0.25, 0.3) is 6.08 Å². The Morgan fingerprint density at radius 3 is 2.29 bits per heavy atom.